The molecule has 0 atom stereocenters. The summed E-state index contributed by atoms with van der Waals surface area (Å²) in [7, 11) is 0. The summed E-state index contributed by atoms with van der Waals surface area (Å²) in [6.45, 7) is 2.16. The Balaban J connectivity index is 2.48. The Morgan fingerprint density at radius 3 is 3.08 bits per heavy atom. The van der Waals surface area contributed by atoms with E-state index in [0.29, 0.717) is 0 Å². The first kappa shape index (κ1) is 8.51. The summed E-state index contributed by atoms with van der Waals surface area (Å²) in [4.78, 5) is 3.99. The Bertz CT molecular complexity index is 422. The van der Waals surface area contributed by atoms with Crippen molar-refractivity contribution in [2.75, 3.05) is 0 Å². The van der Waals surface area contributed by atoms with Gasteiger partial charge >= 0.3 is 0 Å². The van der Waals surface area contributed by atoms with E-state index in [1.165, 1.54) is 16.9 Å². The van der Waals surface area contributed by atoms with Crippen molar-refractivity contribution in [1.82, 2.24) is 4.98 Å². The van der Waals surface area contributed by atoms with E-state index in [4.69, 9.17) is 0 Å². The van der Waals surface area contributed by atoms with Crippen molar-refractivity contribution >= 4 is 21.6 Å². The van der Waals surface area contributed by atoms with Crippen LogP contribution in [0.4, 0.5) is 0 Å². The fourth-order valence-corrected chi connectivity index (χ4v) is 2.17. The molecule has 1 aromatic heterocycles. The lowest BCUT2D eigenvalue weighted by Crippen LogP contribution is -1.80. The lowest BCUT2D eigenvalue weighted by molar-refractivity contribution is 0.472. The molecule has 0 unspecified atom stereocenters. The minimum atomic E-state index is 0.156. The first-order valence-corrected chi connectivity index (χ1v) is 5.19. The van der Waals surface area contributed by atoms with E-state index in [0.717, 1.165) is 23.1 Å². The van der Waals surface area contributed by atoms with Gasteiger partial charge in [-0.05, 0) is 24.1 Å². The van der Waals surface area contributed by atoms with Crippen molar-refractivity contribution in [2.24, 2.45) is 0 Å². The Hall–Kier alpha value is -1.09. The molecule has 2 rings (SSSR count). The lowest BCUT2D eigenvalue weighted by atomic mass is 10.1. The number of aromatic nitrogens is 1. The average molecular weight is 193 g/mol. The van der Waals surface area contributed by atoms with Gasteiger partial charge in [0.1, 0.15) is 0 Å². The van der Waals surface area contributed by atoms with Gasteiger partial charge in [-0.25, -0.2) is 4.98 Å². The molecule has 0 amide bonds. The minimum absolute atomic E-state index is 0.156. The van der Waals surface area contributed by atoms with Gasteiger partial charge in [-0.1, -0.05) is 30.7 Å². The van der Waals surface area contributed by atoms with Gasteiger partial charge in [0.05, 0.1) is 10.2 Å². The largest absolute Gasteiger partial charge is 0.486 e. The summed E-state index contributed by atoms with van der Waals surface area (Å²) in [5.74, 6) is 0. The summed E-state index contributed by atoms with van der Waals surface area (Å²) < 4.78 is 1.07. The maximum atomic E-state index is 9.18. The molecule has 1 heterocycles. The molecular formula is C10H11NOS. The predicted octanol–water partition coefficient (Wildman–Crippen LogP) is 2.95. The number of benzene rings is 1. The zero-order valence-electron chi connectivity index (χ0n) is 7.45. The molecule has 0 aliphatic rings. The van der Waals surface area contributed by atoms with Crippen LogP contribution in [-0.2, 0) is 6.42 Å². The zero-order chi connectivity index (χ0) is 9.26. The quantitative estimate of drug-likeness (QED) is 0.795. The molecule has 13 heavy (non-hydrogen) atoms. The Labute approximate surface area is 80.9 Å². The van der Waals surface area contributed by atoms with E-state index in [9.17, 15) is 5.11 Å². The lowest BCUT2D eigenvalue weighted by Gasteiger charge is -1.96. The second-order valence-electron chi connectivity index (χ2n) is 3.05. The standard InChI is InChI=1S/C10H11NOS/c1-2-3-7-4-5-8-9(6-7)13-10(12)11-8/h4-6H,2-3H2,1H3,(H,11,12). The molecule has 2 aromatic rings. The van der Waals surface area contributed by atoms with Gasteiger partial charge in [-0.3, -0.25) is 0 Å². The van der Waals surface area contributed by atoms with Crippen molar-refractivity contribution in [3.63, 3.8) is 0 Å². The molecule has 1 aromatic carbocycles. The van der Waals surface area contributed by atoms with Crippen LogP contribution in [0.25, 0.3) is 10.2 Å². The van der Waals surface area contributed by atoms with E-state index in [-0.39, 0.29) is 5.19 Å². The van der Waals surface area contributed by atoms with Crippen molar-refractivity contribution in [2.45, 2.75) is 19.8 Å². The van der Waals surface area contributed by atoms with Crippen LogP contribution in [0.2, 0.25) is 0 Å². The average Bonchev–Trinajstić information content (AvgIpc) is 2.44. The molecule has 0 fully saturated rings. The molecule has 0 saturated heterocycles. The highest BCUT2D eigenvalue weighted by molar-refractivity contribution is 7.20. The van der Waals surface area contributed by atoms with Gasteiger partial charge in [0.25, 0.3) is 5.19 Å². The van der Waals surface area contributed by atoms with Crippen LogP contribution in [0, 0.1) is 0 Å². The summed E-state index contributed by atoms with van der Waals surface area (Å²) >= 11 is 1.34. The molecule has 0 bridgehead atoms. The third kappa shape index (κ3) is 1.65. The summed E-state index contributed by atoms with van der Waals surface area (Å²) in [5, 5.41) is 9.34. The number of hydrogen-bond acceptors (Lipinski definition) is 3. The summed E-state index contributed by atoms with van der Waals surface area (Å²) in [6, 6.07) is 6.15. The van der Waals surface area contributed by atoms with Gasteiger partial charge in [-0.15, -0.1) is 0 Å². The van der Waals surface area contributed by atoms with Crippen LogP contribution < -0.4 is 0 Å². The van der Waals surface area contributed by atoms with Crippen LogP contribution in [0.5, 0.6) is 5.19 Å². The molecule has 0 aliphatic heterocycles. The van der Waals surface area contributed by atoms with Crippen molar-refractivity contribution < 1.29 is 5.11 Å². The molecule has 0 radical (unpaired) electrons. The second-order valence-corrected chi connectivity index (χ2v) is 4.06. The number of fused-ring (bicyclic) bond motifs is 1. The molecule has 0 saturated carbocycles. The van der Waals surface area contributed by atoms with E-state index < -0.39 is 0 Å². The third-order valence-electron chi connectivity index (χ3n) is 1.98. The molecule has 2 nitrogen and oxygen atoms in total. The number of hydrogen-bond donors (Lipinski definition) is 1. The van der Waals surface area contributed by atoms with E-state index in [2.05, 4.69) is 24.0 Å². The van der Waals surface area contributed by atoms with Crippen molar-refractivity contribution in [1.29, 1.82) is 0 Å². The highest BCUT2D eigenvalue weighted by atomic mass is 32.1. The van der Waals surface area contributed by atoms with Gasteiger partial charge in [0.15, 0.2) is 0 Å². The van der Waals surface area contributed by atoms with Gasteiger partial charge in [-0.2, -0.15) is 0 Å². The molecular weight excluding hydrogens is 182 g/mol. The molecule has 0 aliphatic carbocycles. The highest BCUT2D eigenvalue weighted by Gasteiger charge is 2.02. The van der Waals surface area contributed by atoms with Crippen LogP contribution in [0.3, 0.4) is 0 Å². The molecule has 1 N–H and O–H groups in total. The Kier molecular flexibility index (Phi) is 2.19. The first-order chi connectivity index (χ1) is 6.29. The number of rotatable bonds is 2. The molecule has 3 heteroatoms. The Morgan fingerprint density at radius 2 is 2.31 bits per heavy atom. The molecule has 68 valence electrons. The van der Waals surface area contributed by atoms with Crippen LogP contribution in [-0.4, -0.2) is 10.1 Å². The normalized spacial score (nSPS) is 10.8. The van der Waals surface area contributed by atoms with E-state index in [1.807, 2.05) is 6.07 Å². The van der Waals surface area contributed by atoms with Gasteiger partial charge in [0.2, 0.25) is 0 Å². The fourth-order valence-electron chi connectivity index (χ4n) is 1.40. The number of nitrogens with zero attached hydrogens (tertiary/aromatic N) is 1. The third-order valence-corrected chi connectivity index (χ3v) is 2.80. The first-order valence-electron chi connectivity index (χ1n) is 4.38. The summed E-state index contributed by atoms with van der Waals surface area (Å²) in [5.41, 5.74) is 2.21. The fraction of sp³-hybridized carbons (Fsp3) is 0.300. The smallest absolute Gasteiger partial charge is 0.271 e. The topological polar surface area (TPSA) is 33.1 Å². The number of aromatic hydroxyl groups is 1. The maximum absolute atomic E-state index is 9.18. The number of thiazole rings is 1. The van der Waals surface area contributed by atoms with Gasteiger partial charge < -0.3 is 5.11 Å². The molecule has 0 spiro atoms. The summed E-state index contributed by atoms with van der Waals surface area (Å²) in [6.07, 6.45) is 2.24. The van der Waals surface area contributed by atoms with Crippen LogP contribution in [0.15, 0.2) is 18.2 Å². The van der Waals surface area contributed by atoms with Crippen molar-refractivity contribution in [3.8, 4) is 5.19 Å². The van der Waals surface area contributed by atoms with E-state index in [1.54, 1.807) is 0 Å². The SMILES string of the molecule is CCCc1ccc2nc(O)sc2c1. The van der Waals surface area contributed by atoms with Gasteiger partial charge in [0, 0.05) is 0 Å². The van der Waals surface area contributed by atoms with Crippen molar-refractivity contribution in [3.05, 3.63) is 23.8 Å². The predicted molar refractivity (Wildman–Crippen MR) is 55.3 cm³/mol. The number of aryl methyl sites for hydroxylation is 1. The Morgan fingerprint density at radius 1 is 1.46 bits per heavy atom. The van der Waals surface area contributed by atoms with E-state index >= 15 is 0 Å². The van der Waals surface area contributed by atoms with Crippen LogP contribution in [0.1, 0.15) is 18.9 Å². The second kappa shape index (κ2) is 3.34. The monoisotopic (exact) mass is 193 g/mol. The van der Waals surface area contributed by atoms with Crippen LogP contribution >= 0.6 is 11.3 Å². The zero-order valence-corrected chi connectivity index (χ0v) is 8.27. The maximum Gasteiger partial charge on any atom is 0.271 e. The minimum Gasteiger partial charge on any atom is -0.486 e. The highest BCUT2D eigenvalue weighted by Crippen LogP contribution is 2.27.